The fraction of sp³-hybridized carbons (Fsp3) is 1.00. The zero-order chi connectivity index (χ0) is 21.5. The van der Waals surface area contributed by atoms with Crippen molar-refractivity contribution in [2.45, 2.75) is 149 Å². The Labute approximate surface area is 183 Å². The minimum atomic E-state index is -3.30. The third-order valence-corrected chi connectivity index (χ3v) is 7.07. The molecule has 0 N–H and O–H groups in total. The second-order valence-electron chi connectivity index (χ2n) is 8.80. The number of hydrogen-bond acceptors (Lipinski definition) is 3. The minimum Gasteiger partial charge on any atom is -0.270 e. The molecule has 0 spiro atoms. The van der Waals surface area contributed by atoms with Crippen LogP contribution in [0.25, 0.3) is 0 Å². The smallest absolute Gasteiger partial charge is 0.267 e. The summed E-state index contributed by atoms with van der Waals surface area (Å²) in [5.74, 6) is 0.194. The molecule has 29 heavy (non-hydrogen) atoms. The lowest BCUT2D eigenvalue weighted by Crippen LogP contribution is -2.11. The van der Waals surface area contributed by atoms with E-state index in [2.05, 4.69) is 13.8 Å². The molecule has 0 aromatic rings. The van der Waals surface area contributed by atoms with Crippen molar-refractivity contribution in [3.05, 3.63) is 0 Å². The molecule has 0 aliphatic heterocycles. The Morgan fingerprint density at radius 3 is 1.14 bits per heavy atom. The van der Waals surface area contributed by atoms with E-state index in [9.17, 15) is 8.42 Å². The van der Waals surface area contributed by atoms with Gasteiger partial charge in [-0.15, -0.1) is 0 Å². The molecule has 0 aromatic heterocycles. The van der Waals surface area contributed by atoms with Crippen LogP contribution < -0.4 is 0 Å². The Bertz CT molecular complexity index is 406. The highest BCUT2D eigenvalue weighted by Gasteiger charge is 2.10. The standard InChI is InChI=1S/C25H52O3S/c1-3-5-7-9-11-12-13-14-15-16-17-18-20-22-24-28-29(26,27)25-23-21-19-10-8-6-4-2/h3-25H2,1-2H3. The van der Waals surface area contributed by atoms with Crippen LogP contribution in [-0.4, -0.2) is 20.8 Å². The van der Waals surface area contributed by atoms with E-state index in [4.69, 9.17) is 4.18 Å². The third kappa shape index (κ3) is 24.1. The second kappa shape index (κ2) is 22.6. The maximum Gasteiger partial charge on any atom is 0.267 e. The van der Waals surface area contributed by atoms with Crippen molar-refractivity contribution >= 4 is 10.1 Å². The van der Waals surface area contributed by atoms with Crippen LogP contribution in [0.1, 0.15) is 149 Å². The van der Waals surface area contributed by atoms with E-state index in [1.807, 2.05) is 0 Å². The first-order valence-corrected chi connectivity index (χ1v) is 14.6. The molecular formula is C25H52O3S. The van der Waals surface area contributed by atoms with Crippen LogP contribution in [0.3, 0.4) is 0 Å². The minimum absolute atomic E-state index is 0.194. The molecule has 0 fully saturated rings. The van der Waals surface area contributed by atoms with E-state index >= 15 is 0 Å². The maximum atomic E-state index is 11.9. The van der Waals surface area contributed by atoms with Gasteiger partial charge in [0.15, 0.2) is 0 Å². The van der Waals surface area contributed by atoms with Crippen molar-refractivity contribution in [3.63, 3.8) is 0 Å². The fourth-order valence-corrected chi connectivity index (χ4v) is 4.82. The van der Waals surface area contributed by atoms with Crippen LogP contribution in [0.2, 0.25) is 0 Å². The van der Waals surface area contributed by atoms with Gasteiger partial charge in [0.05, 0.1) is 12.4 Å². The highest BCUT2D eigenvalue weighted by Crippen LogP contribution is 2.13. The van der Waals surface area contributed by atoms with Crippen molar-refractivity contribution in [1.29, 1.82) is 0 Å². The van der Waals surface area contributed by atoms with E-state index in [1.165, 1.54) is 103 Å². The van der Waals surface area contributed by atoms with Gasteiger partial charge in [-0.05, 0) is 12.8 Å². The number of hydrogen-bond donors (Lipinski definition) is 0. The Hall–Kier alpha value is -0.0900. The molecule has 0 atom stereocenters. The molecule has 0 heterocycles. The van der Waals surface area contributed by atoms with Gasteiger partial charge >= 0.3 is 0 Å². The van der Waals surface area contributed by atoms with Gasteiger partial charge in [-0.2, -0.15) is 8.42 Å². The quantitative estimate of drug-likeness (QED) is 0.113. The van der Waals surface area contributed by atoms with Gasteiger partial charge in [-0.1, -0.05) is 136 Å². The lowest BCUT2D eigenvalue weighted by Gasteiger charge is -2.06. The largest absolute Gasteiger partial charge is 0.270 e. The zero-order valence-electron chi connectivity index (χ0n) is 19.9. The van der Waals surface area contributed by atoms with Crippen LogP contribution in [0.4, 0.5) is 0 Å². The van der Waals surface area contributed by atoms with Crippen molar-refractivity contribution in [2.24, 2.45) is 0 Å². The molecule has 0 saturated heterocycles. The topological polar surface area (TPSA) is 43.4 Å². The third-order valence-electron chi connectivity index (χ3n) is 5.76. The predicted octanol–water partition coefficient (Wildman–Crippen LogP) is 8.56. The summed E-state index contributed by atoms with van der Waals surface area (Å²) in [4.78, 5) is 0. The highest BCUT2D eigenvalue weighted by molar-refractivity contribution is 7.86. The van der Waals surface area contributed by atoms with Gasteiger partial charge in [0.1, 0.15) is 0 Å². The molecule has 0 radical (unpaired) electrons. The lowest BCUT2D eigenvalue weighted by atomic mass is 10.0. The predicted molar refractivity (Wildman–Crippen MR) is 128 cm³/mol. The molecule has 0 unspecified atom stereocenters. The van der Waals surface area contributed by atoms with Crippen LogP contribution in [0.5, 0.6) is 0 Å². The lowest BCUT2D eigenvalue weighted by molar-refractivity contribution is 0.305. The molecule has 4 heteroatoms. The molecule has 176 valence electrons. The summed E-state index contributed by atoms with van der Waals surface area (Å²) in [7, 11) is -3.30. The summed E-state index contributed by atoms with van der Waals surface area (Å²) >= 11 is 0. The fourth-order valence-electron chi connectivity index (χ4n) is 3.78. The van der Waals surface area contributed by atoms with Gasteiger partial charge in [0.2, 0.25) is 0 Å². The molecular weight excluding hydrogens is 380 g/mol. The molecule has 0 aliphatic carbocycles. The monoisotopic (exact) mass is 432 g/mol. The average Bonchev–Trinajstić information content (AvgIpc) is 2.70. The normalized spacial score (nSPS) is 11.9. The zero-order valence-corrected chi connectivity index (χ0v) is 20.7. The first-order chi connectivity index (χ1) is 14.1. The maximum absolute atomic E-state index is 11.9. The van der Waals surface area contributed by atoms with E-state index in [-0.39, 0.29) is 5.75 Å². The molecule has 0 bridgehead atoms. The summed E-state index contributed by atoms with van der Waals surface area (Å²) in [6, 6.07) is 0. The van der Waals surface area contributed by atoms with Crippen LogP contribution in [0, 0.1) is 0 Å². The molecule has 0 saturated carbocycles. The summed E-state index contributed by atoms with van der Waals surface area (Å²) in [5, 5.41) is 0. The first kappa shape index (κ1) is 28.9. The van der Waals surface area contributed by atoms with Gasteiger partial charge in [0, 0.05) is 0 Å². The molecule has 3 nitrogen and oxygen atoms in total. The first-order valence-electron chi connectivity index (χ1n) is 13.0. The summed E-state index contributed by atoms with van der Waals surface area (Å²) in [6.07, 6.45) is 26.3. The summed E-state index contributed by atoms with van der Waals surface area (Å²) < 4.78 is 28.9. The van der Waals surface area contributed by atoms with Crippen molar-refractivity contribution in [1.82, 2.24) is 0 Å². The summed E-state index contributed by atoms with van der Waals surface area (Å²) in [5.41, 5.74) is 0. The van der Waals surface area contributed by atoms with E-state index in [1.54, 1.807) is 0 Å². The van der Waals surface area contributed by atoms with Crippen LogP contribution >= 0.6 is 0 Å². The highest BCUT2D eigenvalue weighted by atomic mass is 32.2. The molecule has 0 aromatic carbocycles. The number of unbranched alkanes of at least 4 members (excludes halogenated alkanes) is 19. The van der Waals surface area contributed by atoms with E-state index < -0.39 is 10.1 Å². The number of rotatable bonds is 24. The Morgan fingerprint density at radius 2 is 0.759 bits per heavy atom. The van der Waals surface area contributed by atoms with Crippen LogP contribution in [0.15, 0.2) is 0 Å². The Kier molecular flexibility index (Phi) is 22.5. The Balaban J connectivity index is 3.28. The van der Waals surface area contributed by atoms with Crippen molar-refractivity contribution < 1.29 is 12.6 Å². The molecule has 0 rings (SSSR count). The van der Waals surface area contributed by atoms with Gasteiger partial charge in [0.25, 0.3) is 10.1 Å². The van der Waals surface area contributed by atoms with Crippen molar-refractivity contribution in [2.75, 3.05) is 12.4 Å². The van der Waals surface area contributed by atoms with Gasteiger partial charge in [-0.25, -0.2) is 0 Å². The SMILES string of the molecule is CCCCCCCCCCCCCCCCOS(=O)(=O)CCCCCCCCC. The summed E-state index contributed by atoms with van der Waals surface area (Å²) in [6.45, 7) is 4.85. The van der Waals surface area contributed by atoms with Gasteiger partial charge in [-0.3, -0.25) is 4.18 Å². The van der Waals surface area contributed by atoms with Crippen LogP contribution in [-0.2, 0) is 14.3 Å². The second-order valence-corrected chi connectivity index (χ2v) is 10.6. The van der Waals surface area contributed by atoms with Gasteiger partial charge < -0.3 is 0 Å². The van der Waals surface area contributed by atoms with Crippen molar-refractivity contribution in [3.8, 4) is 0 Å². The Morgan fingerprint density at radius 1 is 0.448 bits per heavy atom. The molecule has 0 aliphatic rings. The average molecular weight is 433 g/mol. The van der Waals surface area contributed by atoms with E-state index in [0.717, 1.165) is 32.1 Å². The van der Waals surface area contributed by atoms with E-state index in [0.29, 0.717) is 6.61 Å². The molecule has 0 amide bonds.